The summed E-state index contributed by atoms with van der Waals surface area (Å²) in [6, 6.07) is 16.0. The van der Waals surface area contributed by atoms with E-state index in [4.69, 9.17) is 0 Å². The fourth-order valence-electron chi connectivity index (χ4n) is 5.04. The van der Waals surface area contributed by atoms with Crippen LogP contribution >= 0.6 is 0 Å². The van der Waals surface area contributed by atoms with E-state index in [9.17, 15) is 9.59 Å². The van der Waals surface area contributed by atoms with E-state index in [1.54, 1.807) is 12.1 Å². The number of rotatable bonds is 4. The molecule has 1 N–H and O–H groups in total. The van der Waals surface area contributed by atoms with Gasteiger partial charge in [0.15, 0.2) is 0 Å². The van der Waals surface area contributed by atoms with Crippen LogP contribution in [0.5, 0.6) is 0 Å². The Labute approximate surface area is 179 Å². The topological polar surface area (TPSA) is 52.7 Å². The number of hydrogen-bond donors (Lipinski definition) is 1. The molecule has 2 fully saturated rings. The number of amides is 2. The van der Waals surface area contributed by atoms with Crippen molar-refractivity contribution in [2.45, 2.75) is 39.7 Å². The lowest BCUT2D eigenvalue weighted by Gasteiger charge is -2.40. The van der Waals surface area contributed by atoms with Crippen LogP contribution in [0.3, 0.4) is 0 Å². The third-order valence-electron chi connectivity index (χ3n) is 6.41. The number of likely N-dealkylation sites (tertiary alicyclic amines) is 2. The largest absolute Gasteiger partial charge is 0.338 e. The molecule has 1 unspecified atom stereocenters. The first kappa shape index (κ1) is 20.6. The van der Waals surface area contributed by atoms with E-state index >= 15 is 0 Å². The van der Waals surface area contributed by atoms with Crippen LogP contribution in [0.25, 0.3) is 0 Å². The number of anilines is 1. The van der Waals surface area contributed by atoms with Gasteiger partial charge in [-0.3, -0.25) is 14.5 Å². The maximum atomic E-state index is 13.0. The SMILES string of the molecule is CC(=O)Nc1ccc(C(=O)N2CCC3(CCCN(Cc4cccc(C)c4)C3)C2)cc1. The standard InChI is InChI=1S/C25H31N3O2/c1-19-5-3-6-21(15-19)16-27-13-4-11-25(17-27)12-14-28(18-25)24(30)22-7-9-23(10-8-22)26-20(2)29/h3,5-10,15H,4,11-14,16-18H2,1-2H3,(H,26,29). The summed E-state index contributed by atoms with van der Waals surface area (Å²) >= 11 is 0. The highest BCUT2D eigenvalue weighted by molar-refractivity contribution is 5.95. The van der Waals surface area contributed by atoms with Crippen LogP contribution in [0.2, 0.25) is 0 Å². The molecule has 30 heavy (non-hydrogen) atoms. The van der Waals surface area contributed by atoms with Crippen LogP contribution in [-0.4, -0.2) is 47.8 Å². The molecule has 5 heteroatoms. The molecule has 2 aliphatic rings. The van der Waals surface area contributed by atoms with Gasteiger partial charge in [-0.2, -0.15) is 0 Å². The smallest absolute Gasteiger partial charge is 0.253 e. The maximum absolute atomic E-state index is 13.0. The number of piperidine rings is 1. The number of benzene rings is 2. The molecule has 2 aromatic rings. The van der Waals surface area contributed by atoms with Crippen molar-refractivity contribution < 1.29 is 9.59 Å². The number of nitrogens with one attached hydrogen (secondary N) is 1. The van der Waals surface area contributed by atoms with Crippen LogP contribution in [0, 0.1) is 12.3 Å². The van der Waals surface area contributed by atoms with Crippen LogP contribution in [0.4, 0.5) is 5.69 Å². The Morgan fingerprint density at radius 1 is 1.03 bits per heavy atom. The van der Waals surface area contributed by atoms with Gasteiger partial charge in [0.05, 0.1) is 0 Å². The zero-order valence-electron chi connectivity index (χ0n) is 18.0. The molecule has 4 rings (SSSR count). The first-order valence-corrected chi connectivity index (χ1v) is 10.9. The molecule has 0 radical (unpaired) electrons. The molecule has 1 atom stereocenters. The van der Waals surface area contributed by atoms with E-state index in [1.165, 1.54) is 30.9 Å². The third-order valence-corrected chi connectivity index (χ3v) is 6.41. The summed E-state index contributed by atoms with van der Waals surface area (Å²) in [6.07, 6.45) is 3.47. The van der Waals surface area contributed by atoms with Gasteiger partial charge in [-0.15, -0.1) is 0 Å². The van der Waals surface area contributed by atoms with Crippen molar-refractivity contribution in [1.29, 1.82) is 0 Å². The lowest BCUT2D eigenvalue weighted by atomic mass is 9.79. The normalized spacial score (nSPS) is 21.7. The van der Waals surface area contributed by atoms with Crippen molar-refractivity contribution in [1.82, 2.24) is 9.80 Å². The zero-order chi connectivity index (χ0) is 21.1. The molecule has 2 aliphatic heterocycles. The van der Waals surface area contributed by atoms with Gasteiger partial charge in [-0.25, -0.2) is 0 Å². The van der Waals surface area contributed by atoms with Gasteiger partial charge >= 0.3 is 0 Å². The van der Waals surface area contributed by atoms with Gasteiger partial charge in [-0.05, 0) is 62.6 Å². The van der Waals surface area contributed by atoms with Crippen LogP contribution in [0.15, 0.2) is 48.5 Å². The van der Waals surface area contributed by atoms with Crippen molar-refractivity contribution in [2.75, 3.05) is 31.5 Å². The zero-order valence-corrected chi connectivity index (χ0v) is 18.0. The molecule has 5 nitrogen and oxygen atoms in total. The second-order valence-electron chi connectivity index (χ2n) is 9.04. The third kappa shape index (κ3) is 4.73. The van der Waals surface area contributed by atoms with E-state index in [1.807, 2.05) is 17.0 Å². The summed E-state index contributed by atoms with van der Waals surface area (Å²) in [5, 5.41) is 2.75. The number of nitrogens with zero attached hydrogens (tertiary/aromatic N) is 2. The Hall–Kier alpha value is -2.66. The highest BCUT2D eigenvalue weighted by atomic mass is 16.2. The van der Waals surface area contributed by atoms with Crippen molar-refractivity contribution >= 4 is 17.5 Å². The molecule has 0 saturated carbocycles. The van der Waals surface area contributed by atoms with Crippen molar-refractivity contribution in [2.24, 2.45) is 5.41 Å². The first-order valence-electron chi connectivity index (χ1n) is 10.9. The highest BCUT2D eigenvalue weighted by Crippen LogP contribution is 2.39. The Balaban J connectivity index is 1.38. The average molecular weight is 406 g/mol. The van der Waals surface area contributed by atoms with E-state index in [2.05, 4.69) is 41.4 Å². The minimum absolute atomic E-state index is 0.0945. The van der Waals surface area contributed by atoms with E-state index < -0.39 is 0 Å². The fraction of sp³-hybridized carbons (Fsp3) is 0.440. The van der Waals surface area contributed by atoms with Gasteiger partial charge in [0.2, 0.25) is 5.91 Å². The first-order chi connectivity index (χ1) is 14.4. The Bertz CT molecular complexity index is 924. The van der Waals surface area contributed by atoms with Crippen molar-refractivity contribution in [3.05, 3.63) is 65.2 Å². The van der Waals surface area contributed by atoms with E-state index in [-0.39, 0.29) is 17.2 Å². The van der Waals surface area contributed by atoms with Gasteiger partial charge in [-0.1, -0.05) is 29.8 Å². The Morgan fingerprint density at radius 2 is 1.83 bits per heavy atom. The number of carbonyl (C=O) groups is 2. The van der Waals surface area contributed by atoms with Gasteiger partial charge in [0.25, 0.3) is 5.91 Å². The fourth-order valence-corrected chi connectivity index (χ4v) is 5.04. The minimum atomic E-state index is -0.108. The molecule has 2 saturated heterocycles. The summed E-state index contributed by atoms with van der Waals surface area (Å²) in [4.78, 5) is 28.8. The maximum Gasteiger partial charge on any atom is 0.253 e. The highest BCUT2D eigenvalue weighted by Gasteiger charge is 2.42. The van der Waals surface area contributed by atoms with Gasteiger partial charge in [0, 0.05) is 49.8 Å². The predicted molar refractivity (Wildman–Crippen MR) is 119 cm³/mol. The van der Waals surface area contributed by atoms with Gasteiger partial charge < -0.3 is 10.2 Å². The van der Waals surface area contributed by atoms with Crippen molar-refractivity contribution in [3.8, 4) is 0 Å². The molecule has 0 aromatic heterocycles. The van der Waals surface area contributed by atoms with E-state index in [0.717, 1.165) is 44.8 Å². The molecule has 1 spiro atoms. The number of carbonyl (C=O) groups excluding carboxylic acids is 2. The summed E-state index contributed by atoms with van der Waals surface area (Å²) in [5.41, 5.74) is 4.30. The molecule has 0 bridgehead atoms. The summed E-state index contributed by atoms with van der Waals surface area (Å²) in [7, 11) is 0. The molecule has 2 amide bonds. The Morgan fingerprint density at radius 3 is 2.57 bits per heavy atom. The summed E-state index contributed by atoms with van der Waals surface area (Å²) in [6.45, 7) is 8.47. The molecule has 2 aromatic carbocycles. The summed E-state index contributed by atoms with van der Waals surface area (Å²) < 4.78 is 0. The lowest BCUT2D eigenvalue weighted by molar-refractivity contribution is -0.114. The van der Waals surface area contributed by atoms with Crippen molar-refractivity contribution in [3.63, 3.8) is 0 Å². The number of aryl methyl sites for hydroxylation is 1. The minimum Gasteiger partial charge on any atom is -0.338 e. The molecule has 2 heterocycles. The Kier molecular flexibility index (Phi) is 5.91. The quantitative estimate of drug-likeness (QED) is 0.834. The van der Waals surface area contributed by atoms with Crippen LogP contribution < -0.4 is 5.32 Å². The average Bonchev–Trinajstić information content (AvgIpc) is 3.11. The van der Waals surface area contributed by atoms with Gasteiger partial charge in [0.1, 0.15) is 0 Å². The predicted octanol–water partition coefficient (Wildman–Crippen LogP) is 4.08. The van der Waals surface area contributed by atoms with E-state index in [0.29, 0.717) is 5.56 Å². The molecular formula is C25H31N3O2. The molecular weight excluding hydrogens is 374 g/mol. The van der Waals surface area contributed by atoms with Crippen LogP contribution in [0.1, 0.15) is 47.7 Å². The monoisotopic (exact) mass is 405 g/mol. The molecule has 158 valence electrons. The second-order valence-corrected chi connectivity index (χ2v) is 9.04. The summed E-state index contributed by atoms with van der Waals surface area (Å²) in [5.74, 6) is -0.0138. The molecule has 0 aliphatic carbocycles. The lowest BCUT2D eigenvalue weighted by Crippen LogP contribution is -2.45. The second kappa shape index (κ2) is 8.60. The van der Waals surface area contributed by atoms with Crippen LogP contribution in [-0.2, 0) is 11.3 Å². The number of hydrogen-bond acceptors (Lipinski definition) is 3.